The molecule has 2 rings (SSSR count). The summed E-state index contributed by atoms with van der Waals surface area (Å²) in [5.74, 6) is 0. The fourth-order valence-electron chi connectivity index (χ4n) is 1.76. The van der Waals surface area contributed by atoms with E-state index in [1.54, 1.807) is 12.1 Å². The van der Waals surface area contributed by atoms with Crippen LogP contribution in [-0.4, -0.2) is 9.49 Å². The number of nitriles is 1. The van der Waals surface area contributed by atoms with Gasteiger partial charge in [0.25, 0.3) is 5.69 Å². The topological polar surface area (TPSA) is 83.9 Å². The van der Waals surface area contributed by atoms with Crippen molar-refractivity contribution in [2.75, 3.05) is 5.32 Å². The van der Waals surface area contributed by atoms with Crippen LogP contribution in [0.15, 0.2) is 36.7 Å². The first-order valence-electron chi connectivity index (χ1n) is 5.63. The van der Waals surface area contributed by atoms with Crippen molar-refractivity contribution in [3.63, 3.8) is 0 Å². The van der Waals surface area contributed by atoms with Crippen LogP contribution < -0.4 is 5.32 Å². The van der Waals surface area contributed by atoms with E-state index in [1.165, 1.54) is 6.07 Å². The second-order valence-electron chi connectivity index (χ2n) is 4.14. The van der Waals surface area contributed by atoms with E-state index >= 15 is 0 Å². The molecule has 0 bridgehead atoms. The van der Waals surface area contributed by atoms with E-state index in [0.717, 1.165) is 5.56 Å². The molecule has 6 nitrogen and oxygen atoms in total. The highest BCUT2D eigenvalue weighted by Crippen LogP contribution is 2.25. The van der Waals surface area contributed by atoms with Crippen LogP contribution in [0, 0.1) is 21.4 Å². The molecule has 0 aliphatic rings. The Balaban J connectivity index is 2.20. The van der Waals surface area contributed by atoms with Crippen LogP contribution >= 0.6 is 0 Å². The second-order valence-corrected chi connectivity index (χ2v) is 4.14. The number of aromatic nitrogens is 1. The molecule has 1 N–H and O–H groups in total. The monoisotopic (exact) mass is 256 g/mol. The van der Waals surface area contributed by atoms with E-state index in [0.29, 0.717) is 12.2 Å². The number of hydrogen-bond donors (Lipinski definition) is 1. The molecule has 2 aromatic rings. The summed E-state index contributed by atoms with van der Waals surface area (Å²) in [4.78, 5) is 10.5. The lowest BCUT2D eigenvalue weighted by atomic mass is 10.2. The molecule has 1 heterocycles. The Hall–Kier alpha value is -2.81. The highest BCUT2D eigenvalue weighted by Gasteiger charge is 2.14. The number of benzene rings is 1. The third-order valence-electron chi connectivity index (χ3n) is 2.70. The molecule has 0 aliphatic heterocycles. The summed E-state index contributed by atoms with van der Waals surface area (Å²) >= 11 is 0. The lowest BCUT2D eigenvalue weighted by Gasteiger charge is -2.06. The summed E-state index contributed by atoms with van der Waals surface area (Å²) in [5.41, 5.74) is 1.63. The molecular weight excluding hydrogens is 244 g/mol. The number of anilines is 1. The van der Waals surface area contributed by atoms with Gasteiger partial charge in [0.1, 0.15) is 5.69 Å². The Morgan fingerprint density at radius 1 is 1.47 bits per heavy atom. The molecule has 0 atom stereocenters. The average molecular weight is 256 g/mol. The van der Waals surface area contributed by atoms with Gasteiger partial charge in [-0.3, -0.25) is 10.1 Å². The molecule has 6 heteroatoms. The average Bonchev–Trinajstić information content (AvgIpc) is 2.82. The van der Waals surface area contributed by atoms with Gasteiger partial charge in [-0.2, -0.15) is 5.26 Å². The molecular formula is C13H12N4O2. The van der Waals surface area contributed by atoms with Gasteiger partial charge in [-0.1, -0.05) is 0 Å². The zero-order valence-electron chi connectivity index (χ0n) is 10.3. The Morgan fingerprint density at radius 2 is 2.26 bits per heavy atom. The van der Waals surface area contributed by atoms with Crippen molar-refractivity contribution in [1.29, 1.82) is 5.26 Å². The van der Waals surface area contributed by atoms with Crippen LogP contribution in [-0.2, 0) is 13.6 Å². The van der Waals surface area contributed by atoms with Crippen molar-refractivity contribution in [2.45, 2.75) is 6.54 Å². The maximum Gasteiger partial charge on any atom is 0.293 e. The van der Waals surface area contributed by atoms with Gasteiger partial charge in [-0.15, -0.1) is 0 Å². The number of aryl methyl sites for hydroxylation is 1. The van der Waals surface area contributed by atoms with Gasteiger partial charge in [0.2, 0.25) is 0 Å². The van der Waals surface area contributed by atoms with Gasteiger partial charge < -0.3 is 9.88 Å². The summed E-state index contributed by atoms with van der Waals surface area (Å²) in [6.45, 7) is 0.494. The van der Waals surface area contributed by atoms with E-state index in [9.17, 15) is 10.1 Å². The minimum absolute atomic E-state index is 0.0880. The number of hydrogen-bond acceptors (Lipinski definition) is 4. The molecule has 0 fully saturated rings. The highest BCUT2D eigenvalue weighted by molar-refractivity contribution is 5.64. The number of nitro benzene ring substituents is 1. The lowest BCUT2D eigenvalue weighted by Crippen LogP contribution is -2.02. The molecule has 0 radical (unpaired) electrons. The number of nitrogens with one attached hydrogen (secondary N) is 1. The standard InChI is InChI=1S/C13H12N4O2/c1-16-5-4-11(9-16)8-15-12-3-2-10(7-14)6-13(12)17(18)19/h2-6,9,15H,8H2,1H3. The molecule has 1 aromatic carbocycles. The molecule has 0 amide bonds. The van der Waals surface area contributed by atoms with E-state index in [1.807, 2.05) is 36.1 Å². The van der Waals surface area contributed by atoms with Crippen LogP contribution in [0.1, 0.15) is 11.1 Å². The van der Waals surface area contributed by atoms with Crippen LogP contribution in [0.2, 0.25) is 0 Å². The van der Waals surface area contributed by atoms with Gasteiger partial charge in [0.05, 0.1) is 16.6 Å². The SMILES string of the molecule is Cn1ccc(CNc2ccc(C#N)cc2[N+](=O)[O-])c1. The van der Waals surface area contributed by atoms with Crippen molar-refractivity contribution in [3.05, 3.63) is 57.9 Å². The maximum absolute atomic E-state index is 11.0. The Labute approximate surface area is 110 Å². The Bertz CT molecular complexity index is 655. The second kappa shape index (κ2) is 5.23. The summed E-state index contributed by atoms with van der Waals surface area (Å²) in [5, 5.41) is 22.7. The fourth-order valence-corrected chi connectivity index (χ4v) is 1.76. The summed E-state index contributed by atoms with van der Waals surface area (Å²) in [7, 11) is 1.91. The quantitative estimate of drug-likeness (QED) is 0.672. The number of rotatable bonds is 4. The third-order valence-corrected chi connectivity index (χ3v) is 2.70. The molecule has 19 heavy (non-hydrogen) atoms. The van der Waals surface area contributed by atoms with Crippen molar-refractivity contribution >= 4 is 11.4 Å². The molecule has 0 unspecified atom stereocenters. The van der Waals surface area contributed by atoms with Crippen molar-refractivity contribution in [3.8, 4) is 6.07 Å². The first-order valence-corrected chi connectivity index (χ1v) is 5.63. The van der Waals surface area contributed by atoms with Gasteiger partial charge in [0, 0.05) is 32.1 Å². The fraction of sp³-hybridized carbons (Fsp3) is 0.154. The van der Waals surface area contributed by atoms with E-state index in [-0.39, 0.29) is 11.3 Å². The summed E-state index contributed by atoms with van der Waals surface area (Å²) in [6, 6.07) is 8.21. The minimum atomic E-state index is -0.492. The zero-order chi connectivity index (χ0) is 13.8. The number of nitrogens with zero attached hydrogens (tertiary/aromatic N) is 3. The molecule has 0 saturated carbocycles. The summed E-state index contributed by atoms with van der Waals surface area (Å²) in [6.07, 6.45) is 3.84. The molecule has 0 aliphatic carbocycles. The Morgan fingerprint density at radius 3 is 2.84 bits per heavy atom. The zero-order valence-corrected chi connectivity index (χ0v) is 10.3. The van der Waals surface area contributed by atoms with Gasteiger partial charge in [-0.05, 0) is 23.8 Å². The molecule has 96 valence electrons. The summed E-state index contributed by atoms with van der Waals surface area (Å²) < 4.78 is 1.91. The highest BCUT2D eigenvalue weighted by atomic mass is 16.6. The van der Waals surface area contributed by atoms with Crippen molar-refractivity contribution in [1.82, 2.24) is 4.57 Å². The molecule has 0 spiro atoms. The Kier molecular flexibility index (Phi) is 3.48. The van der Waals surface area contributed by atoms with Gasteiger partial charge in [0.15, 0.2) is 0 Å². The van der Waals surface area contributed by atoms with Crippen molar-refractivity contribution in [2.24, 2.45) is 7.05 Å². The van der Waals surface area contributed by atoms with Crippen LogP contribution in [0.3, 0.4) is 0 Å². The van der Waals surface area contributed by atoms with E-state index in [4.69, 9.17) is 5.26 Å². The predicted octanol–water partition coefficient (Wildman–Crippen LogP) is 2.42. The third kappa shape index (κ3) is 2.90. The van der Waals surface area contributed by atoms with E-state index in [2.05, 4.69) is 5.32 Å². The largest absolute Gasteiger partial charge is 0.375 e. The van der Waals surface area contributed by atoms with E-state index < -0.39 is 4.92 Å². The number of nitro groups is 1. The predicted molar refractivity (Wildman–Crippen MR) is 70.6 cm³/mol. The van der Waals surface area contributed by atoms with Crippen LogP contribution in [0.5, 0.6) is 0 Å². The maximum atomic E-state index is 11.0. The van der Waals surface area contributed by atoms with Crippen molar-refractivity contribution < 1.29 is 4.92 Å². The molecule has 0 saturated heterocycles. The van der Waals surface area contributed by atoms with Crippen LogP contribution in [0.4, 0.5) is 11.4 Å². The van der Waals surface area contributed by atoms with Gasteiger partial charge in [-0.25, -0.2) is 0 Å². The minimum Gasteiger partial charge on any atom is -0.375 e. The first kappa shape index (κ1) is 12.6. The van der Waals surface area contributed by atoms with Gasteiger partial charge >= 0.3 is 0 Å². The van der Waals surface area contributed by atoms with Crippen LogP contribution in [0.25, 0.3) is 0 Å². The normalized spacial score (nSPS) is 9.89. The lowest BCUT2D eigenvalue weighted by molar-refractivity contribution is -0.384. The first-order chi connectivity index (χ1) is 9.10. The smallest absolute Gasteiger partial charge is 0.293 e. The molecule has 1 aromatic heterocycles.